The predicted molar refractivity (Wildman–Crippen MR) is 48.9 cm³/mol. The second-order valence-corrected chi connectivity index (χ2v) is 2.75. The van der Waals surface area contributed by atoms with E-state index in [9.17, 15) is 0 Å². The van der Waals surface area contributed by atoms with Crippen molar-refractivity contribution >= 4 is 11.0 Å². The van der Waals surface area contributed by atoms with Crippen LogP contribution in [0, 0.1) is 19.3 Å². The minimum absolute atomic E-state index is 0.597. The van der Waals surface area contributed by atoms with Crippen LogP contribution in [-0.4, -0.2) is 0 Å². The zero-order valence-corrected chi connectivity index (χ0v) is 6.79. The van der Waals surface area contributed by atoms with E-state index in [2.05, 4.69) is 5.92 Å². The molecule has 0 aliphatic carbocycles. The van der Waals surface area contributed by atoms with Crippen LogP contribution < -0.4 is 0 Å². The summed E-state index contributed by atoms with van der Waals surface area (Å²) in [6, 6.07) is 7.87. The summed E-state index contributed by atoms with van der Waals surface area (Å²) in [6.45, 7) is 2.01. The lowest BCUT2D eigenvalue weighted by molar-refractivity contribution is 0.599. The molecule has 0 N–H and O–H groups in total. The molecule has 0 aliphatic heterocycles. The zero-order chi connectivity index (χ0) is 8.55. The van der Waals surface area contributed by atoms with Crippen LogP contribution >= 0.6 is 0 Å². The summed E-state index contributed by atoms with van der Waals surface area (Å²) >= 11 is 0. The fourth-order valence-corrected chi connectivity index (χ4v) is 1.28. The van der Waals surface area contributed by atoms with E-state index in [1.165, 1.54) is 0 Å². The largest absolute Gasteiger partial charge is 0.447 e. The van der Waals surface area contributed by atoms with E-state index in [4.69, 9.17) is 10.8 Å². The molecule has 0 amide bonds. The Kier molecular flexibility index (Phi) is 1.41. The van der Waals surface area contributed by atoms with Crippen molar-refractivity contribution in [3.63, 3.8) is 0 Å². The molecule has 0 bridgehead atoms. The molecule has 0 saturated heterocycles. The van der Waals surface area contributed by atoms with Crippen LogP contribution in [0.25, 0.3) is 11.0 Å². The number of para-hydroxylation sites is 1. The molecule has 0 atom stereocenters. The number of terminal acetylenes is 1. The topological polar surface area (TPSA) is 13.1 Å². The third-order valence-electron chi connectivity index (χ3n) is 1.88. The first-order chi connectivity index (χ1) is 5.81. The molecule has 0 fully saturated rings. The van der Waals surface area contributed by atoms with E-state index in [1.807, 2.05) is 31.2 Å². The van der Waals surface area contributed by atoms with Gasteiger partial charge in [0.15, 0.2) is 5.76 Å². The predicted octanol–water partition coefficient (Wildman–Crippen LogP) is 2.72. The van der Waals surface area contributed by atoms with Gasteiger partial charge in [0.2, 0.25) is 0 Å². The summed E-state index contributed by atoms with van der Waals surface area (Å²) in [5.74, 6) is 3.07. The minimum atomic E-state index is 0.597. The Hall–Kier alpha value is -1.68. The van der Waals surface area contributed by atoms with E-state index < -0.39 is 0 Å². The first-order valence-electron chi connectivity index (χ1n) is 3.77. The van der Waals surface area contributed by atoms with Crippen LogP contribution in [0.5, 0.6) is 0 Å². The van der Waals surface area contributed by atoms with Crippen LogP contribution in [0.3, 0.4) is 0 Å². The van der Waals surface area contributed by atoms with Crippen LogP contribution in [0.15, 0.2) is 28.7 Å². The molecule has 0 aliphatic rings. The molecule has 1 nitrogen and oxygen atoms in total. The molecule has 2 aromatic rings. The van der Waals surface area contributed by atoms with Gasteiger partial charge >= 0.3 is 0 Å². The summed E-state index contributed by atoms with van der Waals surface area (Å²) < 4.78 is 5.41. The number of aryl methyl sites for hydroxylation is 1. The van der Waals surface area contributed by atoms with Gasteiger partial charge < -0.3 is 4.42 Å². The number of hydrogen-bond acceptors (Lipinski definition) is 1. The summed E-state index contributed by atoms with van der Waals surface area (Å²) in [5.41, 5.74) is 2.01. The number of furan rings is 1. The minimum Gasteiger partial charge on any atom is -0.447 e. The molecular weight excluding hydrogens is 148 g/mol. The SMILES string of the molecule is C#Cc1cc2cccc(C)c2o1. The van der Waals surface area contributed by atoms with Gasteiger partial charge in [-0.3, -0.25) is 0 Å². The van der Waals surface area contributed by atoms with E-state index in [-0.39, 0.29) is 0 Å². The molecule has 58 valence electrons. The standard InChI is InChI=1S/C11H8O/c1-3-10-7-9-6-4-5-8(2)11(9)12-10/h1,4-7H,2H3. The van der Waals surface area contributed by atoms with Gasteiger partial charge in [0.1, 0.15) is 5.58 Å². The van der Waals surface area contributed by atoms with Crippen molar-refractivity contribution in [1.82, 2.24) is 0 Å². The summed E-state index contributed by atoms with van der Waals surface area (Å²) in [4.78, 5) is 0. The van der Waals surface area contributed by atoms with Crippen LogP contribution in [-0.2, 0) is 0 Å². The number of hydrogen-bond donors (Lipinski definition) is 0. The van der Waals surface area contributed by atoms with Gasteiger partial charge in [0.05, 0.1) is 0 Å². The van der Waals surface area contributed by atoms with Gasteiger partial charge in [-0.15, -0.1) is 6.42 Å². The third kappa shape index (κ3) is 0.895. The van der Waals surface area contributed by atoms with Gasteiger partial charge in [-0.05, 0) is 18.4 Å². The van der Waals surface area contributed by atoms with Crippen molar-refractivity contribution in [1.29, 1.82) is 0 Å². The molecular formula is C11H8O. The highest BCUT2D eigenvalue weighted by molar-refractivity contribution is 5.81. The lowest BCUT2D eigenvalue weighted by Gasteiger charge is -1.90. The van der Waals surface area contributed by atoms with Crippen molar-refractivity contribution < 1.29 is 4.42 Å². The van der Waals surface area contributed by atoms with Gasteiger partial charge in [0.25, 0.3) is 0 Å². The Balaban J connectivity index is 2.85. The van der Waals surface area contributed by atoms with Crippen LogP contribution in [0.4, 0.5) is 0 Å². The van der Waals surface area contributed by atoms with Crippen molar-refractivity contribution in [3.8, 4) is 12.3 Å². The highest BCUT2D eigenvalue weighted by Gasteiger charge is 2.02. The van der Waals surface area contributed by atoms with Crippen molar-refractivity contribution in [2.75, 3.05) is 0 Å². The number of fused-ring (bicyclic) bond motifs is 1. The average molecular weight is 156 g/mol. The summed E-state index contributed by atoms with van der Waals surface area (Å²) in [5, 5.41) is 1.07. The van der Waals surface area contributed by atoms with Crippen LogP contribution in [0.2, 0.25) is 0 Å². The maximum atomic E-state index is 5.41. The summed E-state index contributed by atoms with van der Waals surface area (Å²) in [7, 11) is 0. The number of benzene rings is 1. The van der Waals surface area contributed by atoms with Crippen molar-refractivity contribution in [2.24, 2.45) is 0 Å². The fraction of sp³-hybridized carbons (Fsp3) is 0.0909. The molecule has 2 rings (SSSR count). The second-order valence-electron chi connectivity index (χ2n) is 2.75. The smallest absolute Gasteiger partial charge is 0.177 e. The van der Waals surface area contributed by atoms with Gasteiger partial charge in [-0.2, -0.15) is 0 Å². The Morgan fingerprint density at radius 3 is 2.92 bits per heavy atom. The number of rotatable bonds is 0. The third-order valence-corrected chi connectivity index (χ3v) is 1.88. The Labute approximate surface area is 71.0 Å². The van der Waals surface area contributed by atoms with Gasteiger partial charge in [-0.1, -0.05) is 18.2 Å². The van der Waals surface area contributed by atoms with Crippen molar-refractivity contribution in [2.45, 2.75) is 6.92 Å². The maximum Gasteiger partial charge on any atom is 0.177 e. The monoisotopic (exact) mass is 156 g/mol. The molecule has 0 unspecified atom stereocenters. The van der Waals surface area contributed by atoms with E-state index >= 15 is 0 Å². The summed E-state index contributed by atoms with van der Waals surface area (Å²) in [6.07, 6.45) is 5.22. The van der Waals surface area contributed by atoms with Gasteiger partial charge in [0, 0.05) is 11.5 Å². The lowest BCUT2D eigenvalue weighted by Crippen LogP contribution is -1.69. The molecule has 0 saturated carbocycles. The highest BCUT2D eigenvalue weighted by Crippen LogP contribution is 2.21. The van der Waals surface area contributed by atoms with E-state index in [0.717, 1.165) is 16.5 Å². The fourth-order valence-electron chi connectivity index (χ4n) is 1.28. The first-order valence-corrected chi connectivity index (χ1v) is 3.77. The molecule has 0 radical (unpaired) electrons. The maximum absolute atomic E-state index is 5.41. The highest BCUT2D eigenvalue weighted by atomic mass is 16.3. The molecule has 1 heterocycles. The second kappa shape index (κ2) is 2.42. The Morgan fingerprint density at radius 2 is 2.25 bits per heavy atom. The van der Waals surface area contributed by atoms with E-state index in [0.29, 0.717) is 5.76 Å². The first kappa shape index (κ1) is 7.00. The molecule has 12 heavy (non-hydrogen) atoms. The van der Waals surface area contributed by atoms with E-state index in [1.54, 1.807) is 0 Å². The Bertz CT molecular complexity index is 457. The Morgan fingerprint density at radius 1 is 1.42 bits per heavy atom. The molecule has 1 heteroatoms. The zero-order valence-electron chi connectivity index (χ0n) is 6.79. The molecule has 1 aromatic carbocycles. The average Bonchev–Trinajstić information content (AvgIpc) is 2.49. The molecule has 0 spiro atoms. The van der Waals surface area contributed by atoms with Crippen molar-refractivity contribution in [3.05, 3.63) is 35.6 Å². The molecule has 1 aromatic heterocycles. The lowest BCUT2D eigenvalue weighted by atomic mass is 10.2. The van der Waals surface area contributed by atoms with Crippen LogP contribution in [0.1, 0.15) is 11.3 Å². The van der Waals surface area contributed by atoms with Gasteiger partial charge in [-0.25, -0.2) is 0 Å². The normalized spacial score (nSPS) is 10.0. The quantitative estimate of drug-likeness (QED) is 0.534.